The second-order valence-electron chi connectivity index (χ2n) is 37.4. The summed E-state index contributed by atoms with van der Waals surface area (Å²) in [6.45, 7) is 0. The van der Waals surface area contributed by atoms with Crippen molar-refractivity contribution in [1.29, 1.82) is 0 Å². The monoisotopic (exact) mass is 1920 g/mol. The van der Waals surface area contributed by atoms with Gasteiger partial charge in [0.25, 0.3) is 0 Å². The largest absolute Gasteiger partial charge is 0.455 e. The van der Waals surface area contributed by atoms with Gasteiger partial charge in [-0.15, -0.1) is 0 Å². The highest BCUT2D eigenvalue weighted by Crippen LogP contribution is 2.48. The van der Waals surface area contributed by atoms with Gasteiger partial charge >= 0.3 is 0 Å². The predicted octanol–water partition coefficient (Wildman–Crippen LogP) is 36.6. The second kappa shape index (κ2) is 37.0. The maximum absolute atomic E-state index is 6.72. The molecule has 0 atom stereocenters. The Balaban J connectivity index is 0.000000108. The average Bonchev–Trinajstić information content (AvgIpc) is 1.59. The van der Waals surface area contributed by atoms with Crippen molar-refractivity contribution in [2.75, 3.05) is 0 Å². The molecule has 30 aromatic rings. The SMILES string of the molecule is c1ccc(-c2ccc(-c3cc(-c4cccnc4)nc(-c4ccc5c(c4)oc4c(-c6cccc7c6oc6ccccc67)cccc45)n3)cc2)cc1.c1ccc(-c2ccc(-c3cc(-c4ccncc4)nc(-c4ccc5c(c4)oc4c(-c6cccc7c6oc6ccccc67)cccc45)n3)cc2)cc1.c1ccc(-c2ccc(-c3nc(-c4ccccc4)cc(-c4ccc5c(c4)oc4c(-c6cccc7c6oc6ccccc67)cccc45)n3)cc2)cc1. The molecule has 0 aliphatic rings. The molecule has 11 heterocycles. The maximum atomic E-state index is 6.72. The van der Waals surface area contributed by atoms with Crippen molar-refractivity contribution < 1.29 is 26.5 Å². The number of hydrogen-bond donors (Lipinski definition) is 0. The van der Waals surface area contributed by atoms with Crippen molar-refractivity contribution >= 4 is 132 Å². The predicted molar refractivity (Wildman–Crippen MR) is 607 cm³/mol. The fourth-order valence-corrected chi connectivity index (χ4v) is 21.0. The zero-order valence-electron chi connectivity index (χ0n) is 80.4. The van der Waals surface area contributed by atoms with E-state index >= 15 is 0 Å². The lowest BCUT2D eigenvalue weighted by Crippen LogP contribution is -1.96. The van der Waals surface area contributed by atoms with Crippen LogP contribution >= 0.6 is 0 Å². The first-order valence-electron chi connectivity index (χ1n) is 49.9. The summed E-state index contributed by atoms with van der Waals surface area (Å²) in [5.74, 6) is 1.91. The Morgan fingerprint density at radius 1 is 0.127 bits per heavy atom. The van der Waals surface area contributed by atoms with Crippen molar-refractivity contribution in [3.8, 4) is 168 Å². The fraction of sp³-hybridized carbons (Fsp3) is 0. The first-order valence-corrected chi connectivity index (χ1v) is 49.9. The molecule has 19 aromatic carbocycles. The van der Waals surface area contributed by atoms with Gasteiger partial charge in [0.15, 0.2) is 17.5 Å². The summed E-state index contributed by atoms with van der Waals surface area (Å²) < 4.78 is 39.3. The molecule has 0 bridgehead atoms. The molecule has 0 radical (unpaired) electrons. The lowest BCUT2D eigenvalue weighted by atomic mass is 9.99. The minimum Gasteiger partial charge on any atom is -0.455 e. The van der Waals surface area contributed by atoms with Gasteiger partial charge in [0.2, 0.25) is 0 Å². The molecule has 0 unspecified atom stereocenters. The van der Waals surface area contributed by atoms with Crippen molar-refractivity contribution in [1.82, 2.24) is 39.9 Å². The van der Waals surface area contributed by atoms with Crippen LogP contribution in [0.4, 0.5) is 0 Å². The summed E-state index contributed by atoms with van der Waals surface area (Å²) in [5, 5.41) is 12.8. The molecule has 702 valence electrons. The molecular formula is C136H82N8O6. The highest BCUT2D eigenvalue weighted by Gasteiger charge is 2.26. The lowest BCUT2D eigenvalue weighted by molar-refractivity contribution is 0.665. The lowest BCUT2D eigenvalue weighted by Gasteiger charge is -2.10. The van der Waals surface area contributed by atoms with Crippen LogP contribution in [0.5, 0.6) is 0 Å². The van der Waals surface area contributed by atoms with Crippen LogP contribution in [-0.2, 0) is 0 Å². The first-order chi connectivity index (χ1) is 74.3. The van der Waals surface area contributed by atoms with Gasteiger partial charge in [0, 0.05) is 173 Å². The van der Waals surface area contributed by atoms with Crippen LogP contribution in [0.15, 0.2) is 524 Å². The molecule has 0 saturated carbocycles. The van der Waals surface area contributed by atoms with E-state index in [0.717, 1.165) is 266 Å². The molecule has 0 spiro atoms. The molecule has 11 aromatic heterocycles. The van der Waals surface area contributed by atoms with E-state index in [-0.39, 0.29) is 0 Å². The van der Waals surface area contributed by atoms with E-state index < -0.39 is 0 Å². The summed E-state index contributed by atoms with van der Waals surface area (Å²) in [6, 6.07) is 162. The van der Waals surface area contributed by atoms with Gasteiger partial charge in [-0.2, -0.15) is 0 Å². The number of furan rings is 6. The quantitative estimate of drug-likeness (QED) is 0.0945. The minimum atomic E-state index is 0.614. The van der Waals surface area contributed by atoms with E-state index in [4.69, 9.17) is 56.4 Å². The molecule has 14 heteroatoms. The summed E-state index contributed by atoms with van der Waals surface area (Å²) in [6.07, 6.45) is 7.18. The number of aromatic nitrogens is 8. The van der Waals surface area contributed by atoms with Crippen LogP contribution in [0, 0.1) is 0 Å². The summed E-state index contributed by atoms with van der Waals surface area (Å²) in [4.78, 5) is 39.0. The number of benzene rings is 19. The van der Waals surface area contributed by atoms with E-state index in [9.17, 15) is 0 Å². The van der Waals surface area contributed by atoms with Crippen LogP contribution in [-0.4, -0.2) is 39.9 Å². The highest BCUT2D eigenvalue weighted by molar-refractivity contribution is 6.19. The zero-order valence-corrected chi connectivity index (χ0v) is 80.4. The van der Waals surface area contributed by atoms with Crippen LogP contribution in [0.3, 0.4) is 0 Å². The van der Waals surface area contributed by atoms with Crippen LogP contribution < -0.4 is 0 Å². The van der Waals surface area contributed by atoms with Crippen LogP contribution in [0.25, 0.3) is 300 Å². The normalized spacial score (nSPS) is 11.6. The summed E-state index contributed by atoms with van der Waals surface area (Å²) in [5.41, 5.74) is 36.6. The fourth-order valence-electron chi connectivity index (χ4n) is 21.0. The summed E-state index contributed by atoms with van der Waals surface area (Å²) >= 11 is 0. The minimum absolute atomic E-state index is 0.614. The van der Waals surface area contributed by atoms with E-state index in [1.165, 1.54) is 16.7 Å². The smallest absolute Gasteiger partial charge is 0.160 e. The number of rotatable bonds is 15. The molecule has 30 rings (SSSR count). The number of fused-ring (bicyclic) bond motifs is 18. The van der Waals surface area contributed by atoms with E-state index in [1.807, 2.05) is 140 Å². The van der Waals surface area contributed by atoms with Gasteiger partial charge in [-0.05, 0) is 130 Å². The maximum Gasteiger partial charge on any atom is 0.160 e. The van der Waals surface area contributed by atoms with Gasteiger partial charge in [0.1, 0.15) is 67.0 Å². The molecule has 0 aliphatic carbocycles. The van der Waals surface area contributed by atoms with Gasteiger partial charge in [-0.3, -0.25) is 9.97 Å². The third kappa shape index (κ3) is 16.0. The third-order valence-corrected chi connectivity index (χ3v) is 28.4. The highest BCUT2D eigenvalue weighted by atomic mass is 16.4. The number of pyridine rings is 2. The number of para-hydroxylation sites is 9. The van der Waals surface area contributed by atoms with Gasteiger partial charge in [0.05, 0.1) is 34.2 Å². The Kier molecular flexibility index (Phi) is 21.6. The Hall–Kier alpha value is -20.5. The van der Waals surface area contributed by atoms with E-state index in [0.29, 0.717) is 17.5 Å². The topological polar surface area (TPSA) is 182 Å². The molecule has 0 N–H and O–H groups in total. The Morgan fingerprint density at radius 2 is 0.353 bits per heavy atom. The van der Waals surface area contributed by atoms with Crippen molar-refractivity contribution in [3.63, 3.8) is 0 Å². The summed E-state index contributed by atoms with van der Waals surface area (Å²) in [7, 11) is 0. The Bertz CT molecular complexity index is 9510. The van der Waals surface area contributed by atoms with E-state index in [1.54, 1.807) is 18.6 Å². The Morgan fingerprint density at radius 3 is 0.687 bits per heavy atom. The standard InChI is InChI=1S/C46H28N2O2.2C45H27N3O2/c1-3-11-29(12-4-1)30-21-23-32(24-22-30)46-47-40(31-13-5-2-6-14-31)28-41(48-46)33-25-26-35-37-17-10-19-39(45(37)50-43(35)27-33)38-18-9-16-36-34-15-7-8-20-42(34)49-44(36)38;1-2-9-28(10-3-1)29-18-20-30(21-19-29)39-26-40(32-11-8-24-46-27-32)48-45(47-39)31-22-23-34-36-14-7-16-38(44(36)50-42(34)25-31)37-15-6-13-35-33-12-4-5-17-41(33)49-43(35)37;1-2-8-28(9-3-1)29-16-18-30(19-17-29)39-27-40(31-22-24-46-25-23-31)48-45(47-39)32-20-21-34-36-12-7-14-38(44(36)50-42(34)26-32)37-13-6-11-35-33-10-4-5-15-41(33)49-43(35)37/h1-28H;2*1-27H. The average molecular weight is 1920 g/mol. The molecule has 0 aliphatic heterocycles. The van der Waals surface area contributed by atoms with Crippen LogP contribution in [0.2, 0.25) is 0 Å². The van der Waals surface area contributed by atoms with Crippen molar-refractivity contribution in [3.05, 3.63) is 498 Å². The molecule has 0 fully saturated rings. The first kappa shape index (κ1) is 87.3. The van der Waals surface area contributed by atoms with Crippen molar-refractivity contribution in [2.45, 2.75) is 0 Å². The van der Waals surface area contributed by atoms with Gasteiger partial charge in [-0.25, -0.2) is 29.9 Å². The third-order valence-electron chi connectivity index (χ3n) is 28.4. The molecule has 14 nitrogen and oxygen atoms in total. The number of hydrogen-bond acceptors (Lipinski definition) is 14. The second-order valence-corrected chi connectivity index (χ2v) is 37.4. The number of nitrogens with zero attached hydrogens (tertiary/aromatic N) is 8. The van der Waals surface area contributed by atoms with Gasteiger partial charge in [-0.1, -0.05) is 376 Å². The molecule has 150 heavy (non-hydrogen) atoms. The molecule has 0 amide bonds. The van der Waals surface area contributed by atoms with E-state index in [2.05, 4.69) is 350 Å². The molecule has 0 saturated heterocycles. The van der Waals surface area contributed by atoms with Crippen molar-refractivity contribution in [2.24, 2.45) is 0 Å². The zero-order chi connectivity index (χ0) is 99.1. The van der Waals surface area contributed by atoms with Crippen LogP contribution in [0.1, 0.15) is 0 Å². The van der Waals surface area contributed by atoms with Gasteiger partial charge < -0.3 is 26.5 Å². The molecular weight excluding hydrogens is 1840 g/mol. The Labute approximate surface area is 858 Å².